The highest BCUT2D eigenvalue weighted by Gasteiger charge is 2.31. The third kappa shape index (κ3) is 3.67. The summed E-state index contributed by atoms with van der Waals surface area (Å²) in [6.45, 7) is 4.29. The summed E-state index contributed by atoms with van der Waals surface area (Å²) >= 11 is 0. The van der Waals surface area contributed by atoms with Crippen LogP contribution >= 0.6 is 0 Å². The Bertz CT molecular complexity index is 407. The van der Waals surface area contributed by atoms with E-state index >= 15 is 0 Å². The van der Waals surface area contributed by atoms with Gasteiger partial charge in [-0.2, -0.15) is 0 Å². The lowest BCUT2D eigenvalue weighted by atomic mass is 10.1. The molecule has 4 heteroatoms. The molecule has 1 aromatic carbocycles. The van der Waals surface area contributed by atoms with E-state index in [4.69, 9.17) is 0 Å². The number of nitrogens with one attached hydrogen (secondary N) is 1. The molecule has 0 radical (unpaired) electrons. The van der Waals surface area contributed by atoms with E-state index in [0.29, 0.717) is 24.8 Å². The molecule has 2 rings (SSSR count). The van der Waals surface area contributed by atoms with Gasteiger partial charge in [0.15, 0.2) is 0 Å². The number of hydrogen-bond acceptors (Lipinski definition) is 3. The van der Waals surface area contributed by atoms with Crippen LogP contribution in [0.3, 0.4) is 0 Å². The second-order valence-corrected chi connectivity index (χ2v) is 5.07. The standard InChI is InChI=1S/C15H23FN2O/c1-2-8-17-11-12-4-3-5-14(16)15(12)18(9-10-19)13-6-7-13/h3-5,13,17,19H,2,6-11H2,1H3. The molecule has 19 heavy (non-hydrogen) atoms. The highest BCUT2D eigenvalue weighted by atomic mass is 19.1. The molecule has 2 N–H and O–H groups in total. The number of hydrogen-bond donors (Lipinski definition) is 2. The monoisotopic (exact) mass is 266 g/mol. The van der Waals surface area contributed by atoms with Gasteiger partial charge in [0.1, 0.15) is 5.82 Å². The number of rotatable bonds is 8. The molecule has 0 spiro atoms. The number of aliphatic hydroxyl groups excluding tert-OH is 1. The molecule has 1 aliphatic carbocycles. The lowest BCUT2D eigenvalue weighted by Gasteiger charge is -2.27. The summed E-state index contributed by atoms with van der Waals surface area (Å²) in [5.41, 5.74) is 1.65. The topological polar surface area (TPSA) is 35.5 Å². The first-order valence-electron chi connectivity index (χ1n) is 7.13. The summed E-state index contributed by atoms with van der Waals surface area (Å²) in [4.78, 5) is 2.03. The van der Waals surface area contributed by atoms with Crippen LogP contribution in [0, 0.1) is 5.82 Å². The van der Waals surface area contributed by atoms with Crippen LogP contribution in [-0.2, 0) is 6.54 Å². The second-order valence-electron chi connectivity index (χ2n) is 5.07. The van der Waals surface area contributed by atoms with Crippen LogP contribution in [0.1, 0.15) is 31.7 Å². The Kier molecular flexibility index (Phi) is 5.16. The molecule has 106 valence electrons. The maximum atomic E-state index is 14.2. The van der Waals surface area contributed by atoms with Crippen LogP contribution in [0.15, 0.2) is 18.2 Å². The van der Waals surface area contributed by atoms with Gasteiger partial charge in [-0.15, -0.1) is 0 Å². The Hall–Kier alpha value is -1.13. The summed E-state index contributed by atoms with van der Waals surface area (Å²) < 4.78 is 14.2. The first-order valence-corrected chi connectivity index (χ1v) is 7.13. The fourth-order valence-corrected chi connectivity index (χ4v) is 2.40. The van der Waals surface area contributed by atoms with Crippen molar-refractivity contribution in [3.8, 4) is 0 Å². The fraction of sp³-hybridized carbons (Fsp3) is 0.600. The van der Waals surface area contributed by atoms with Crippen molar-refractivity contribution in [2.45, 2.75) is 38.8 Å². The Balaban J connectivity index is 2.19. The van der Waals surface area contributed by atoms with Gasteiger partial charge in [0.05, 0.1) is 12.3 Å². The van der Waals surface area contributed by atoms with Gasteiger partial charge in [0.25, 0.3) is 0 Å². The van der Waals surface area contributed by atoms with E-state index in [2.05, 4.69) is 12.2 Å². The number of benzene rings is 1. The summed E-state index contributed by atoms with van der Waals surface area (Å²) in [5.74, 6) is -0.184. The number of aliphatic hydroxyl groups is 1. The molecule has 3 nitrogen and oxygen atoms in total. The summed E-state index contributed by atoms with van der Waals surface area (Å²) in [5, 5.41) is 12.5. The normalized spacial score (nSPS) is 14.7. The van der Waals surface area contributed by atoms with Crippen molar-refractivity contribution >= 4 is 5.69 Å². The second kappa shape index (κ2) is 6.87. The lowest BCUT2D eigenvalue weighted by molar-refractivity contribution is 0.301. The summed E-state index contributed by atoms with van der Waals surface area (Å²) in [7, 11) is 0. The molecule has 0 aromatic heterocycles. The zero-order chi connectivity index (χ0) is 13.7. The zero-order valence-electron chi connectivity index (χ0n) is 11.5. The molecule has 1 aliphatic rings. The maximum Gasteiger partial charge on any atom is 0.146 e. The molecule has 0 amide bonds. The highest BCUT2D eigenvalue weighted by Crippen LogP contribution is 2.35. The van der Waals surface area contributed by atoms with Gasteiger partial charge in [-0.05, 0) is 37.4 Å². The van der Waals surface area contributed by atoms with Crippen molar-refractivity contribution in [3.05, 3.63) is 29.6 Å². The molecular formula is C15H23FN2O. The van der Waals surface area contributed by atoms with E-state index < -0.39 is 0 Å². The maximum absolute atomic E-state index is 14.2. The molecule has 1 saturated carbocycles. The lowest BCUT2D eigenvalue weighted by Crippen LogP contribution is -2.31. The van der Waals surface area contributed by atoms with E-state index in [9.17, 15) is 9.50 Å². The van der Waals surface area contributed by atoms with Crippen LogP contribution in [0.2, 0.25) is 0 Å². The van der Waals surface area contributed by atoms with Gasteiger partial charge in [-0.3, -0.25) is 0 Å². The molecule has 0 bridgehead atoms. The van der Waals surface area contributed by atoms with Crippen LogP contribution < -0.4 is 10.2 Å². The van der Waals surface area contributed by atoms with Crippen molar-refractivity contribution in [3.63, 3.8) is 0 Å². The minimum atomic E-state index is -0.184. The Morgan fingerprint density at radius 1 is 1.42 bits per heavy atom. The molecule has 1 aromatic rings. The Morgan fingerprint density at radius 2 is 2.21 bits per heavy atom. The average Bonchev–Trinajstić information content (AvgIpc) is 3.22. The molecule has 1 fully saturated rings. The smallest absolute Gasteiger partial charge is 0.146 e. The zero-order valence-corrected chi connectivity index (χ0v) is 11.5. The third-order valence-electron chi connectivity index (χ3n) is 3.43. The van der Waals surface area contributed by atoms with Gasteiger partial charge in [-0.25, -0.2) is 4.39 Å². The van der Waals surface area contributed by atoms with E-state index in [-0.39, 0.29) is 12.4 Å². The molecule has 0 atom stereocenters. The van der Waals surface area contributed by atoms with E-state index in [0.717, 1.165) is 31.4 Å². The summed E-state index contributed by atoms with van der Waals surface area (Å²) in [6, 6.07) is 5.62. The van der Waals surface area contributed by atoms with Gasteiger partial charge >= 0.3 is 0 Å². The van der Waals surface area contributed by atoms with Crippen LogP contribution in [-0.4, -0.2) is 30.8 Å². The summed E-state index contributed by atoms with van der Waals surface area (Å²) in [6.07, 6.45) is 3.25. The molecule has 0 saturated heterocycles. The minimum Gasteiger partial charge on any atom is -0.395 e. The van der Waals surface area contributed by atoms with Gasteiger partial charge in [0, 0.05) is 19.1 Å². The van der Waals surface area contributed by atoms with Crippen molar-refractivity contribution in [1.29, 1.82) is 0 Å². The Morgan fingerprint density at radius 3 is 2.84 bits per heavy atom. The van der Waals surface area contributed by atoms with Gasteiger partial charge in [0.2, 0.25) is 0 Å². The van der Waals surface area contributed by atoms with Crippen LogP contribution in [0.4, 0.5) is 10.1 Å². The Labute approximate surface area is 114 Å². The minimum absolute atomic E-state index is 0.0622. The molecule has 0 unspecified atom stereocenters. The van der Waals surface area contributed by atoms with Crippen LogP contribution in [0.25, 0.3) is 0 Å². The van der Waals surface area contributed by atoms with Crippen molar-refractivity contribution in [2.75, 3.05) is 24.6 Å². The quantitative estimate of drug-likeness (QED) is 0.709. The number of halogens is 1. The molecular weight excluding hydrogens is 243 g/mol. The number of nitrogens with zero attached hydrogens (tertiary/aromatic N) is 1. The predicted octanol–water partition coefficient (Wildman–Crippen LogP) is 2.29. The van der Waals surface area contributed by atoms with Crippen molar-refractivity contribution in [2.24, 2.45) is 0 Å². The predicted molar refractivity (Wildman–Crippen MR) is 75.9 cm³/mol. The van der Waals surface area contributed by atoms with Gasteiger partial charge in [-0.1, -0.05) is 19.1 Å². The molecule has 0 heterocycles. The van der Waals surface area contributed by atoms with Crippen molar-refractivity contribution < 1.29 is 9.50 Å². The first-order chi connectivity index (χ1) is 9.27. The largest absolute Gasteiger partial charge is 0.395 e. The fourth-order valence-electron chi connectivity index (χ4n) is 2.40. The van der Waals surface area contributed by atoms with E-state index in [1.807, 2.05) is 11.0 Å². The van der Waals surface area contributed by atoms with E-state index in [1.165, 1.54) is 6.07 Å². The van der Waals surface area contributed by atoms with Gasteiger partial charge < -0.3 is 15.3 Å². The average molecular weight is 266 g/mol. The SMILES string of the molecule is CCCNCc1cccc(F)c1N(CCO)C1CC1. The number of para-hydroxylation sites is 1. The first kappa shape index (κ1) is 14.3. The highest BCUT2D eigenvalue weighted by molar-refractivity contribution is 5.56. The molecule has 0 aliphatic heterocycles. The van der Waals surface area contributed by atoms with Crippen LogP contribution in [0.5, 0.6) is 0 Å². The van der Waals surface area contributed by atoms with Crippen molar-refractivity contribution in [1.82, 2.24) is 5.32 Å². The number of anilines is 1. The third-order valence-corrected chi connectivity index (χ3v) is 3.43. The van der Waals surface area contributed by atoms with E-state index in [1.54, 1.807) is 6.07 Å².